The van der Waals surface area contributed by atoms with E-state index in [0.717, 1.165) is 24.5 Å². The molecule has 5 N–H and O–H groups in total. The average molecular weight is 897 g/mol. The van der Waals surface area contributed by atoms with Crippen molar-refractivity contribution in [2.45, 2.75) is 122 Å². The molecule has 0 spiro atoms. The van der Waals surface area contributed by atoms with Crippen LogP contribution in [-0.4, -0.2) is 119 Å². The monoisotopic (exact) mass is 895 g/mol. The van der Waals surface area contributed by atoms with Crippen LogP contribution in [0, 0.1) is 23.2 Å². The number of thiazole rings is 1. The standard InChI is InChI=1S/C44H58ClN7O9S/c1-7-25-17-44(25,40(55)56)51-38(53)32-15-28(18-52(32)39(54)37(43(4,5)6)50-42(57)61-27-13-23-12-24(23)14-27)60-34-16-30(31-21-62-41(49-31)47-22(2)3)48-36-29(34)8-9-33(35(36)45)59-20-26-19-58-11-10-46-26/h8-9,16,21-28,32,37,46H,7,10-15,17-20H2,1-6H3,(H,47,49)(H,50,57)(H,51,53)(H,55,56)/t23-,24+,25-,26-,27?,28-,32+,37-,44-/m1/s1. The van der Waals surface area contributed by atoms with Crippen LogP contribution in [0.5, 0.6) is 11.5 Å². The summed E-state index contributed by atoms with van der Waals surface area (Å²) in [5.41, 5.74) is -0.722. The van der Waals surface area contributed by atoms with Crippen molar-refractivity contribution in [1.82, 2.24) is 30.8 Å². The number of hydrogen-bond acceptors (Lipinski definition) is 13. The number of carboxylic acids is 1. The summed E-state index contributed by atoms with van der Waals surface area (Å²) in [5, 5.41) is 26.0. The number of hydrogen-bond donors (Lipinski definition) is 5. The SMILES string of the molecule is CC[C@@H]1C[C@]1(NC(=O)[C@@H]1C[C@@H](Oc2cc(-c3csc(NC(C)C)n3)nc3c(Cl)c(OC[C@H]4COCCN4)ccc23)CN1C(=O)[C@@H](NC(=O)OC1C[C@@H]2C[C@@H]2C1)C(C)(C)C)C(=O)O. The Balaban J connectivity index is 1.10. The molecule has 8 rings (SSSR count). The van der Waals surface area contributed by atoms with Crippen molar-refractivity contribution in [1.29, 1.82) is 0 Å². The Morgan fingerprint density at radius 3 is 2.52 bits per heavy atom. The fourth-order valence-corrected chi connectivity index (χ4v) is 10.3. The normalized spacial score (nSPS) is 28.3. The number of ether oxygens (including phenoxy) is 4. The number of alkyl carbamates (subject to hydrolysis) is 1. The van der Waals surface area contributed by atoms with Crippen LogP contribution in [0.2, 0.25) is 5.02 Å². The quantitative estimate of drug-likeness (QED) is 0.122. The van der Waals surface area contributed by atoms with E-state index in [-0.39, 0.29) is 42.1 Å². The first kappa shape index (κ1) is 44.2. The van der Waals surface area contributed by atoms with Crippen molar-refractivity contribution in [2.75, 3.05) is 38.2 Å². The zero-order valence-electron chi connectivity index (χ0n) is 36.1. The molecule has 4 heterocycles. The zero-order chi connectivity index (χ0) is 44.1. The van der Waals surface area contributed by atoms with E-state index in [4.69, 9.17) is 40.5 Å². The van der Waals surface area contributed by atoms with E-state index < -0.39 is 53.0 Å². The number of carbonyl (C=O) groups excluding carboxylic acids is 3. The van der Waals surface area contributed by atoms with Gasteiger partial charge in [-0.1, -0.05) is 45.7 Å². The molecule has 2 aliphatic heterocycles. The first-order chi connectivity index (χ1) is 29.5. The number of morpholine rings is 1. The second-order valence-electron chi connectivity index (χ2n) is 18.9. The fourth-order valence-electron chi connectivity index (χ4n) is 9.19. The van der Waals surface area contributed by atoms with Crippen molar-refractivity contribution in [3.8, 4) is 22.9 Å². The number of nitrogens with zero attached hydrogens (tertiary/aromatic N) is 3. The van der Waals surface area contributed by atoms with Crippen LogP contribution in [0.3, 0.4) is 0 Å². The summed E-state index contributed by atoms with van der Waals surface area (Å²) >= 11 is 8.52. The number of carbonyl (C=O) groups is 4. The van der Waals surface area contributed by atoms with Gasteiger partial charge in [-0.05, 0) is 74.8 Å². The molecule has 336 valence electrons. The molecular formula is C44H58ClN7O9S. The third kappa shape index (κ3) is 9.41. The van der Waals surface area contributed by atoms with Crippen LogP contribution in [0.25, 0.3) is 22.3 Å². The topological polar surface area (TPSA) is 203 Å². The Morgan fingerprint density at radius 2 is 1.85 bits per heavy atom. The number of fused-ring (bicyclic) bond motifs is 2. The van der Waals surface area contributed by atoms with Crippen LogP contribution in [0.1, 0.15) is 80.1 Å². The van der Waals surface area contributed by atoms with Crippen LogP contribution in [-0.2, 0) is 23.9 Å². The van der Waals surface area contributed by atoms with Crippen LogP contribution in [0.15, 0.2) is 23.6 Å². The van der Waals surface area contributed by atoms with Crippen molar-refractivity contribution in [2.24, 2.45) is 23.2 Å². The predicted molar refractivity (Wildman–Crippen MR) is 234 cm³/mol. The summed E-state index contributed by atoms with van der Waals surface area (Å²) in [7, 11) is 0. The molecule has 5 fully saturated rings. The third-order valence-electron chi connectivity index (χ3n) is 12.8. The highest BCUT2D eigenvalue weighted by atomic mass is 35.5. The van der Waals surface area contributed by atoms with E-state index in [0.29, 0.717) is 78.3 Å². The molecule has 2 aromatic heterocycles. The second-order valence-corrected chi connectivity index (χ2v) is 20.1. The third-order valence-corrected chi connectivity index (χ3v) is 13.9. The van der Waals surface area contributed by atoms with E-state index in [1.165, 1.54) is 22.7 Å². The Kier molecular flexibility index (Phi) is 12.5. The van der Waals surface area contributed by atoms with Gasteiger partial charge in [0, 0.05) is 35.8 Å². The Hall–Kier alpha value is -4.45. The number of halogens is 1. The van der Waals surface area contributed by atoms with E-state index in [1.54, 1.807) is 12.1 Å². The fraction of sp³-hybridized carbons (Fsp3) is 0.636. The average Bonchev–Trinajstić information content (AvgIpc) is 3.90. The van der Waals surface area contributed by atoms with Crippen LogP contribution < -0.4 is 30.7 Å². The number of aromatic nitrogens is 2. The molecule has 16 nitrogen and oxygen atoms in total. The molecule has 0 radical (unpaired) electrons. The molecule has 3 aliphatic carbocycles. The lowest BCUT2D eigenvalue weighted by Gasteiger charge is -2.35. The molecular weight excluding hydrogens is 838 g/mol. The summed E-state index contributed by atoms with van der Waals surface area (Å²) < 4.78 is 24.4. The van der Waals surface area contributed by atoms with E-state index in [9.17, 15) is 24.3 Å². The Labute approximate surface area is 370 Å². The van der Waals surface area contributed by atoms with Gasteiger partial charge in [-0.2, -0.15) is 0 Å². The number of benzene rings is 1. The van der Waals surface area contributed by atoms with E-state index in [1.807, 2.05) is 53.0 Å². The summed E-state index contributed by atoms with van der Waals surface area (Å²) in [6.07, 6.45) is 2.09. The van der Waals surface area contributed by atoms with Gasteiger partial charge in [-0.15, -0.1) is 11.3 Å². The van der Waals surface area contributed by atoms with Gasteiger partial charge in [0.1, 0.15) is 58.7 Å². The van der Waals surface area contributed by atoms with Crippen molar-refractivity contribution < 1.29 is 43.2 Å². The number of likely N-dealkylation sites (tertiary alicyclic amines) is 1. The molecule has 3 amide bonds. The van der Waals surface area contributed by atoms with Gasteiger partial charge in [0.05, 0.1) is 37.0 Å². The van der Waals surface area contributed by atoms with Crippen molar-refractivity contribution >= 4 is 62.8 Å². The number of rotatable bonds is 15. The van der Waals surface area contributed by atoms with E-state index in [2.05, 4.69) is 21.3 Å². The minimum absolute atomic E-state index is 0.0107. The highest BCUT2D eigenvalue weighted by Gasteiger charge is 2.61. The molecule has 5 aliphatic rings. The predicted octanol–water partition coefficient (Wildman–Crippen LogP) is 5.86. The molecule has 3 saturated carbocycles. The van der Waals surface area contributed by atoms with Gasteiger partial charge in [0.2, 0.25) is 11.8 Å². The number of pyridine rings is 1. The molecule has 9 atom stereocenters. The molecule has 1 unspecified atom stereocenters. The van der Waals surface area contributed by atoms with Gasteiger partial charge < -0.3 is 50.2 Å². The first-order valence-corrected chi connectivity index (χ1v) is 23.1. The van der Waals surface area contributed by atoms with Crippen LogP contribution >= 0.6 is 22.9 Å². The van der Waals surface area contributed by atoms with Gasteiger partial charge in [-0.25, -0.2) is 19.6 Å². The van der Waals surface area contributed by atoms with Crippen molar-refractivity contribution in [3.05, 3.63) is 28.6 Å². The highest BCUT2D eigenvalue weighted by Crippen LogP contribution is 2.52. The van der Waals surface area contributed by atoms with Gasteiger partial charge in [0.25, 0.3) is 0 Å². The zero-order valence-corrected chi connectivity index (χ0v) is 37.7. The summed E-state index contributed by atoms with van der Waals surface area (Å²) in [4.78, 5) is 66.2. The second kappa shape index (κ2) is 17.6. The lowest BCUT2D eigenvalue weighted by Crippen LogP contribution is -2.59. The first-order valence-electron chi connectivity index (χ1n) is 21.8. The van der Waals surface area contributed by atoms with Crippen LogP contribution in [0.4, 0.5) is 9.93 Å². The van der Waals surface area contributed by atoms with Gasteiger partial charge in [0.15, 0.2) is 5.13 Å². The lowest BCUT2D eigenvalue weighted by molar-refractivity contribution is -0.146. The summed E-state index contributed by atoms with van der Waals surface area (Å²) in [6.45, 7) is 13.6. The largest absolute Gasteiger partial charge is 0.490 e. The number of carboxylic acid groups (broad SMARTS) is 1. The summed E-state index contributed by atoms with van der Waals surface area (Å²) in [5.74, 6) is -0.434. The lowest BCUT2D eigenvalue weighted by atomic mass is 9.85. The summed E-state index contributed by atoms with van der Waals surface area (Å²) in [6, 6.07) is 3.31. The molecule has 3 aromatic rings. The number of nitrogens with one attached hydrogen (secondary N) is 4. The number of aliphatic carboxylic acids is 1. The maximum absolute atomic E-state index is 14.8. The molecule has 18 heteroatoms. The molecule has 0 bridgehead atoms. The minimum atomic E-state index is -1.42. The number of anilines is 1. The Morgan fingerprint density at radius 1 is 1.08 bits per heavy atom. The van der Waals surface area contributed by atoms with Gasteiger partial charge in [-0.3, -0.25) is 9.59 Å². The molecule has 2 saturated heterocycles. The van der Waals surface area contributed by atoms with Gasteiger partial charge >= 0.3 is 12.1 Å². The molecule has 1 aromatic carbocycles. The number of amides is 3. The maximum atomic E-state index is 14.8. The maximum Gasteiger partial charge on any atom is 0.408 e. The van der Waals surface area contributed by atoms with Crippen molar-refractivity contribution in [3.63, 3.8) is 0 Å². The molecule has 62 heavy (non-hydrogen) atoms. The highest BCUT2D eigenvalue weighted by molar-refractivity contribution is 7.14. The minimum Gasteiger partial charge on any atom is -0.490 e. The smallest absolute Gasteiger partial charge is 0.408 e. The Bertz CT molecular complexity index is 2180. The van der Waals surface area contributed by atoms with E-state index >= 15 is 0 Å².